The Morgan fingerprint density at radius 2 is 1.88 bits per heavy atom. The molecule has 0 aliphatic heterocycles. The number of carboxylic acid groups (broad SMARTS) is 1. The van der Waals surface area contributed by atoms with Crippen molar-refractivity contribution in [1.82, 2.24) is 0 Å². The van der Waals surface area contributed by atoms with Crippen molar-refractivity contribution in [3.63, 3.8) is 0 Å². The summed E-state index contributed by atoms with van der Waals surface area (Å²) < 4.78 is 31.4. The molecule has 1 N–H and O–H groups in total. The van der Waals surface area contributed by atoms with Gasteiger partial charge in [-0.1, -0.05) is 18.2 Å². The summed E-state index contributed by atoms with van der Waals surface area (Å²) in [6, 6.07) is 9.09. The predicted octanol–water partition coefficient (Wildman–Crippen LogP) is 2.48. The van der Waals surface area contributed by atoms with Gasteiger partial charge in [0.15, 0.2) is 11.6 Å². The number of ether oxygens (including phenoxy) is 1. The molecule has 24 heavy (non-hydrogen) atoms. The van der Waals surface area contributed by atoms with E-state index in [0.717, 1.165) is 12.1 Å². The third-order valence-electron chi connectivity index (χ3n) is 3.24. The minimum absolute atomic E-state index is 0.0702. The number of rotatable bonds is 7. The number of aldehydes is 1. The monoisotopic (exact) mass is 334 g/mol. The molecular weight excluding hydrogens is 322 g/mol. The highest BCUT2D eigenvalue weighted by Gasteiger charge is 2.26. The first-order chi connectivity index (χ1) is 11.4. The topological polar surface area (TPSA) is 80.7 Å². The van der Waals surface area contributed by atoms with Gasteiger partial charge in [0.25, 0.3) is 5.78 Å². The smallest absolute Gasteiger partial charge is 0.373 e. The van der Waals surface area contributed by atoms with E-state index in [1.54, 1.807) is 0 Å². The Hall–Kier alpha value is -3.09. The Bertz CT molecular complexity index is 788. The van der Waals surface area contributed by atoms with Crippen molar-refractivity contribution in [3.8, 4) is 5.75 Å². The number of benzene rings is 2. The number of hydrogen-bond acceptors (Lipinski definition) is 4. The van der Waals surface area contributed by atoms with Crippen LogP contribution in [-0.2, 0) is 21.0 Å². The SMILES string of the molecule is O=CC(C(=O)C(=O)O)c1cccc(OCc2ccc(F)c(F)c2)c1. The number of carbonyl (C=O) groups is 3. The molecular formula is C17H12F2O5. The van der Waals surface area contributed by atoms with Crippen LogP contribution in [0.4, 0.5) is 8.78 Å². The van der Waals surface area contributed by atoms with E-state index in [4.69, 9.17) is 9.84 Å². The van der Waals surface area contributed by atoms with Gasteiger partial charge in [-0.05, 0) is 35.4 Å². The number of carboxylic acids is 1. The molecule has 0 aliphatic carbocycles. The Kier molecular flexibility index (Phi) is 5.36. The summed E-state index contributed by atoms with van der Waals surface area (Å²) >= 11 is 0. The molecule has 7 heteroatoms. The van der Waals surface area contributed by atoms with Crippen LogP contribution in [0.2, 0.25) is 0 Å². The number of halogens is 2. The average molecular weight is 334 g/mol. The van der Waals surface area contributed by atoms with E-state index in [1.165, 1.54) is 30.3 Å². The van der Waals surface area contributed by atoms with Gasteiger partial charge in [0.05, 0.1) is 0 Å². The van der Waals surface area contributed by atoms with Crippen LogP contribution >= 0.6 is 0 Å². The fourth-order valence-corrected chi connectivity index (χ4v) is 2.02. The molecule has 2 aromatic carbocycles. The Morgan fingerprint density at radius 3 is 2.50 bits per heavy atom. The summed E-state index contributed by atoms with van der Waals surface area (Å²) in [6.07, 6.45) is 0.241. The second kappa shape index (κ2) is 7.45. The number of hydrogen-bond donors (Lipinski definition) is 1. The van der Waals surface area contributed by atoms with E-state index in [9.17, 15) is 23.2 Å². The number of carbonyl (C=O) groups excluding carboxylic acids is 2. The lowest BCUT2D eigenvalue weighted by molar-refractivity contribution is -0.150. The Morgan fingerprint density at radius 1 is 1.12 bits per heavy atom. The van der Waals surface area contributed by atoms with Gasteiger partial charge in [0, 0.05) is 0 Å². The minimum Gasteiger partial charge on any atom is -0.489 e. The minimum atomic E-state index is -1.71. The normalized spacial score (nSPS) is 11.6. The molecule has 0 aliphatic rings. The molecule has 5 nitrogen and oxygen atoms in total. The summed E-state index contributed by atoms with van der Waals surface area (Å²) in [5.74, 6) is -6.11. The summed E-state index contributed by atoms with van der Waals surface area (Å²) in [4.78, 5) is 33.2. The van der Waals surface area contributed by atoms with Gasteiger partial charge >= 0.3 is 5.97 Å². The van der Waals surface area contributed by atoms with Gasteiger partial charge < -0.3 is 14.6 Å². The zero-order valence-electron chi connectivity index (χ0n) is 12.2. The van der Waals surface area contributed by atoms with Crippen molar-refractivity contribution in [2.45, 2.75) is 12.5 Å². The van der Waals surface area contributed by atoms with Crippen LogP contribution in [0.1, 0.15) is 17.0 Å². The molecule has 0 heterocycles. The van der Waals surface area contributed by atoms with Gasteiger partial charge in [0.2, 0.25) is 0 Å². The van der Waals surface area contributed by atoms with Gasteiger partial charge in [-0.15, -0.1) is 0 Å². The highest BCUT2D eigenvalue weighted by atomic mass is 19.2. The van der Waals surface area contributed by atoms with E-state index in [2.05, 4.69) is 0 Å². The first-order valence-corrected chi connectivity index (χ1v) is 6.81. The fourth-order valence-electron chi connectivity index (χ4n) is 2.02. The third kappa shape index (κ3) is 4.01. The van der Waals surface area contributed by atoms with Crippen molar-refractivity contribution in [2.75, 3.05) is 0 Å². The molecule has 1 unspecified atom stereocenters. The van der Waals surface area contributed by atoms with Gasteiger partial charge in [-0.2, -0.15) is 0 Å². The predicted molar refractivity (Wildman–Crippen MR) is 78.6 cm³/mol. The molecule has 124 valence electrons. The highest BCUT2D eigenvalue weighted by molar-refractivity contribution is 6.38. The van der Waals surface area contributed by atoms with E-state index in [1.807, 2.05) is 0 Å². The van der Waals surface area contributed by atoms with Crippen LogP contribution in [0.3, 0.4) is 0 Å². The van der Waals surface area contributed by atoms with Gasteiger partial charge in [-0.25, -0.2) is 13.6 Å². The maximum Gasteiger partial charge on any atom is 0.373 e. The third-order valence-corrected chi connectivity index (χ3v) is 3.24. The molecule has 2 rings (SSSR count). The summed E-state index contributed by atoms with van der Waals surface area (Å²) in [5.41, 5.74) is 0.549. The molecule has 0 aromatic heterocycles. The van der Waals surface area contributed by atoms with Gasteiger partial charge in [-0.3, -0.25) is 4.79 Å². The molecule has 0 saturated heterocycles. The largest absolute Gasteiger partial charge is 0.489 e. The molecule has 0 amide bonds. The van der Waals surface area contributed by atoms with Crippen LogP contribution in [0, 0.1) is 11.6 Å². The molecule has 0 saturated carbocycles. The van der Waals surface area contributed by atoms with E-state index < -0.39 is 29.3 Å². The molecule has 2 aromatic rings. The van der Waals surface area contributed by atoms with E-state index in [0.29, 0.717) is 5.56 Å². The molecule has 0 radical (unpaired) electrons. The quantitative estimate of drug-likeness (QED) is 0.478. The number of Topliss-reactive ketones (excluding diaryl/α,β-unsaturated/α-hetero) is 1. The molecule has 0 bridgehead atoms. The van der Waals surface area contributed by atoms with Crippen molar-refractivity contribution in [2.24, 2.45) is 0 Å². The van der Waals surface area contributed by atoms with E-state index >= 15 is 0 Å². The summed E-state index contributed by atoms with van der Waals surface area (Å²) in [5, 5.41) is 8.71. The van der Waals surface area contributed by atoms with Gasteiger partial charge in [0.1, 0.15) is 24.6 Å². The van der Waals surface area contributed by atoms with Crippen LogP contribution in [0.15, 0.2) is 42.5 Å². The second-order valence-corrected chi connectivity index (χ2v) is 4.89. The first kappa shape index (κ1) is 17.3. The molecule has 0 spiro atoms. The number of ketones is 1. The standard InChI is InChI=1S/C17H12F2O5/c18-14-5-4-10(6-15(14)19)9-24-12-3-1-2-11(7-12)13(8-20)16(21)17(22)23/h1-8,13H,9H2,(H,22,23). The van der Waals surface area contributed by atoms with Crippen molar-refractivity contribution in [3.05, 3.63) is 65.2 Å². The van der Waals surface area contributed by atoms with Crippen LogP contribution in [-0.4, -0.2) is 23.1 Å². The first-order valence-electron chi connectivity index (χ1n) is 6.81. The van der Waals surface area contributed by atoms with E-state index in [-0.39, 0.29) is 24.2 Å². The van der Waals surface area contributed by atoms with Crippen LogP contribution in [0.5, 0.6) is 5.75 Å². The van der Waals surface area contributed by atoms with Crippen LogP contribution in [0.25, 0.3) is 0 Å². The number of aliphatic carboxylic acids is 1. The maximum absolute atomic E-state index is 13.1. The molecule has 0 fully saturated rings. The zero-order valence-corrected chi connectivity index (χ0v) is 12.2. The highest BCUT2D eigenvalue weighted by Crippen LogP contribution is 2.22. The maximum atomic E-state index is 13.1. The lowest BCUT2D eigenvalue weighted by Gasteiger charge is -2.11. The van der Waals surface area contributed by atoms with Crippen molar-refractivity contribution in [1.29, 1.82) is 0 Å². The summed E-state index contributed by atoms with van der Waals surface area (Å²) in [6.45, 7) is -0.0702. The van der Waals surface area contributed by atoms with Crippen molar-refractivity contribution >= 4 is 18.0 Å². The lowest BCUT2D eigenvalue weighted by atomic mass is 9.96. The fraction of sp³-hybridized carbons (Fsp3) is 0.118. The average Bonchev–Trinajstić information content (AvgIpc) is 2.57. The van der Waals surface area contributed by atoms with Crippen molar-refractivity contribution < 1.29 is 33.0 Å². The second-order valence-electron chi connectivity index (χ2n) is 4.89. The molecule has 1 atom stereocenters. The summed E-state index contributed by atoms with van der Waals surface area (Å²) in [7, 11) is 0. The Balaban J connectivity index is 2.14. The van der Waals surface area contributed by atoms with Crippen LogP contribution < -0.4 is 4.74 Å². The zero-order chi connectivity index (χ0) is 17.7. The Labute approximate surface area is 135 Å². The lowest BCUT2D eigenvalue weighted by Crippen LogP contribution is -2.22.